The third kappa shape index (κ3) is 5.06. The van der Waals surface area contributed by atoms with Gasteiger partial charge in [0.2, 0.25) is 10.0 Å². The van der Waals surface area contributed by atoms with Gasteiger partial charge < -0.3 is 4.74 Å². The molecule has 2 aromatic rings. The number of sulfonamides is 1. The van der Waals surface area contributed by atoms with Gasteiger partial charge in [0.15, 0.2) is 0 Å². The van der Waals surface area contributed by atoms with Crippen molar-refractivity contribution in [2.24, 2.45) is 5.14 Å². The Bertz CT molecular complexity index is 773. The van der Waals surface area contributed by atoms with E-state index < -0.39 is 10.0 Å². The van der Waals surface area contributed by atoms with Gasteiger partial charge in [0.1, 0.15) is 12.4 Å². The van der Waals surface area contributed by atoms with Gasteiger partial charge in [0, 0.05) is 12.6 Å². The molecule has 0 aliphatic carbocycles. The van der Waals surface area contributed by atoms with Crippen LogP contribution in [0.5, 0.6) is 5.75 Å². The second kappa shape index (κ2) is 7.79. The van der Waals surface area contributed by atoms with E-state index in [1.165, 1.54) is 11.6 Å². The molecule has 2 aromatic carbocycles. The third-order valence-corrected chi connectivity index (χ3v) is 4.97. The first-order valence-corrected chi connectivity index (χ1v) is 9.34. The molecule has 0 saturated heterocycles. The zero-order valence-electron chi connectivity index (χ0n) is 14.3. The Kier molecular flexibility index (Phi) is 5.99. The molecule has 2 rings (SSSR count). The van der Waals surface area contributed by atoms with Crippen LogP contribution >= 0.6 is 0 Å². The molecule has 1 atom stereocenters. The highest BCUT2D eigenvalue weighted by atomic mass is 32.2. The molecule has 130 valence electrons. The quantitative estimate of drug-likeness (QED) is 0.835. The maximum atomic E-state index is 11.5. The molecule has 5 nitrogen and oxygen atoms in total. The van der Waals surface area contributed by atoms with Crippen molar-refractivity contribution < 1.29 is 13.2 Å². The second-order valence-corrected chi connectivity index (χ2v) is 7.50. The van der Waals surface area contributed by atoms with Gasteiger partial charge in [-0.25, -0.2) is 13.6 Å². The number of hydrogen-bond acceptors (Lipinski definition) is 4. The van der Waals surface area contributed by atoms with E-state index in [2.05, 4.69) is 4.90 Å². The SMILES string of the molecule is Cc1ccc(OCCN(C)[C@H](C)c2cccc(S(N)(=O)=O)c2)cc1. The zero-order chi connectivity index (χ0) is 17.7. The van der Waals surface area contributed by atoms with Crippen LogP contribution in [0.25, 0.3) is 0 Å². The van der Waals surface area contributed by atoms with Gasteiger partial charge in [0.05, 0.1) is 4.90 Å². The van der Waals surface area contributed by atoms with Gasteiger partial charge in [-0.15, -0.1) is 0 Å². The first-order chi connectivity index (χ1) is 11.3. The summed E-state index contributed by atoms with van der Waals surface area (Å²) in [6.45, 7) is 5.33. The summed E-state index contributed by atoms with van der Waals surface area (Å²) in [5.41, 5.74) is 2.10. The van der Waals surface area contributed by atoms with Crippen LogP contribution in [0.2, 0.25) is 0 Å². The minimum absolute atomic E-state index is 0.0494. The van der Waals surface area contributed by atoms with Crippen molar-refractivity contribution in [3.8, 4) is 5.75 Å². The van der Waals surface area contributed by atoms with Crippen LogP contribution in [0, 0.1) is 6.92 Å². The molecule has 0 aromatic heterocycles. The highest BCUT2D eigenvalue weighted by molar-refractivity contribution is 7.89. The number of nitrogens with two attached hydrogens (primary N) is 1. The van der Waals surface area contributed by atoms with Gasteiger partial charge >= 0.3 is 0 Å². The first kappa shape index (κ1) is 18.4. The van der Waals surface area contributed by atoms with Crippen molar-refractivity contribution in [3.63, 3.8) is 0 Å². The van der Waals surface area contributed by atoms with E-state index in [1.54, 1.807) is 12.1 Å². The standard InChI is InChI=1S/C18H24N2O3S/c1-14-7-9-17(10-8-14)23-12-11-20(3)15(2)16-5-4-6-18(13-16)24(19,21)22/h4-10,13,15H,11-12H2,1-3H3,(H2,19,21,22)/t15-/m1/s1. The molecule has 0 bridgehead atoms. The molecule has 24 heavy (non-hydrogen) atoms. The minimum atomic E-state index is -3.68. The number of nitrogens with zero attached hydrogens (tertiary/aromatic N) is 1. The molecule has 0 heterocycles. The summed E-state index contributed by atoms with van der Waals surface area (Å²) in [5, 5.41) is 5.20. The molecule has 0 aliphatic heterocycles. The lowest BCUT2D eigenvalue weighted by Gasteiger charge is -2.25. The summed E-state index contributed by atoms with van der Waals surface area (Å²) in [4.78, 5) is 2.24. The van der Waals surface area contributed by atoms with Crippen LogP contribution in [0.1, 0.15) is 24.1 Å². The molecule has 0 amide bonds. The topological polar surface area (TPSA) is 72.6 Å². The summed E-state index contributed by atoms with van der Waals surface area (Å²) in [6, 6.07) is 14.7. The van der Waals surface area contributed by atoms with Crippen LogP contribution in [0.4, 0.5) is 0 Å². The van der Waals surface area contributed by atoms with Crippen molar-refractivity contribution in [3.05, 3.63) is 59.7 Å². The summed E-state index contributed by atoms with van der Waals surface area (Å²) >= 11 is 0. The summed E-state index contributed by atoms with van der Waals surface area (Å²) < 4.78 is 28.7. The predicted octanol–water partition coefficient (Wildman–Crippen LogP) is 2.71. The van der Waals surface area contributed by atoms with E-state index in [-0.39, 0.29) is 10.9 Å². The lowest BCUT2D eigenvalue weighted by atomic mass is 10.1. The maximum absolute atomic E-state index is 11.5. The Morgan fingerprint density at radius 1 is 1.17 bits per heavy atom. The van der Waals surface area contributed by atoms with Gasteiger partial charge in [0.25, 0.3) is 0 Å². The minimum Gasteiger partial charge on any atom is -0.492 e. The zero-order valence-corrected chi connectivity index (χ0v) is 15.1. The highest BCUT2D eigenvalue weighted by Crippen LogP contribution is 2.21. The number of ether oxygens (including phenoxy) is 1. The molecular formula is C18H24N2O3S. The number of rotatable bonds is 7. The molecule has 6 heteroatoms. The molecular weight excluding hydrogens is 324 g/mol. The van der Waals surface area contributed by atoms with Crippen molar-refractivity contribution in [2.45, 2.75) is 24.8 Å². The smallest absolute Gasteiger partial charge is 0.238 e. The van der Waals surface area contributed by atoms with E-state index >= 15 is 0 Å². The van der Waals surface area contributed by atoms with Crippen LogP contribution in [-0.2, 0) is 10.0 Å². The third-order valence-electron chi connectivity index (χ3n) is 4.06. The van der Waals surface area contributed by atoms with Crippen molar-refractivity contribution in [1.82, 2.24) is 4.90 Å². The highest BCUT2D eigenvalue weighted by Gasteiger charge is 2.15. The molecule has 0 spiro atoms. The van der Waals surface area contributed by atoms with Gasteiger partial charge in [-0.2, -0.15) is 0 Å². The lowest BCUT2D eigenvalue weighted by Crippen LogP contribution is -2.27. The molecule has 2 N–H and O–H groups in total. The fourth-order valence-electron chi connectivity index (χ4n) is 2.34. The summed E-state index contributed by atoms with van der Waals surface area (Å²) in [7, 11) is -1.71. The van der Waals surface area contributed by atoms with Crippen LogP contribution in [0.15, 0.2) is 53.4 Å². The maximum Gasteiger partial charge on any atom is 0.238 e. The Labute approximate surface area is 144 Å². The molecule has 0 radical (unpaired) electrons. The normalized spacial score (nSPS) is 13.0. The van der Waals surface area contributed by atoms with E-state index in [1.807, 2.05) is 51.2 Å². The Balaban J connectivity index is 1.94. The number of aryl methyl sites for hydroxylation is 1. The molecule has 0 saturated carbocycles. The van der Waals surface area contributed by atoms with Crippen LogP contribution < -0.4 is 9.88 Å². The van der Waals surface area contributed by atoms with E-state index in [0.29, 0.717) is 13.2 Å². The van der Waals surface area contributed by atoms with Crippen molar-refractivity contribution in [2.75, 3.05) is 20.2 Å². The Hall–Kier alpha value is -1.89. The predicted molar refractivity (Wildman–Crippen MR) is 95.5 cm³/mol. The van der Waals surface area contributed by atoms with E-state index in [4.69, 9.17) is 9.88 Å². The Morgan fingerprint density at radius 2 is 1.83 bits per heavy atom. The number of benzene rings is 2. The van der Waals surface area contributed by atoms with Gasteiger partial charge in [-0.3, -0.25) is 4.90 Å². The number of likely N-dealkylation sites (N-methyl/N-ethyl adjacent to an activating group) is 1. The van der Waals surface area contributed by atoms with Gasteiger partial charge in [-0.1, -0.05) is 29.8 Å². The van der Waals surface area contributed by atoms with E-state index in [0.717, 1.165) is 11.3 Å². The molecule has 0 fully saturated rings. The average Bonchev–Trinajstić information content (AvgIpc) is 2.55. The lowest BCUT2D eigenvalue weighted by molar-refractivity contribution is 0.201. The molecule has 0 aliphatic rings. The largest absolute Gasteiger partial charge is 0.492 e. The monoisotopic (exact) mass is 348 g/mol. The van der Waals surface area contributed by atoms with Crippen LogP contribution in [0.3, 0.4) is 0 Å². The first-order valence-electron chi connectivity index (χ1n) is 7.80. The summed E-state index contributed by atoms with van der Waals surface area (Å²) in [5.74, 6) is 0.845. The van der Waals surface area contributed by atoms with E-state index in [9.17, 15) is 8.42 Å². The Morgan fingerprint density at radius 3 is 2.46 bits per heavy atom. The second-order valence-electron chi connectivity index (χ2n) is 5.94. The van der Waals surface area contributed by atoms with Gasteiger partial charge in [-0.05, 0) is 50.7 Å². The fraction of sp³-hybridized carbons (Fsp3) is 0.333. The van der Waals surface area contributed by atoms with Crippen LogP contribution in [-0.4, -0.2) is 33.5 Å². The fourth-order valence-corrected chi connectivity index (χ4v) is 2.91. The average molecular weight is 348 g/mol. The molecule has 0 unspecified atom stereocenters. The number of hydrogen-bond donors (Lipinski definition) is 1. The summed E-state index contributed by atoms with van der Waals surface area (Å²) in [6.07, 6.45) is 0. The van der Waals surface area contributed by atoms with Crippen molar-refractivity contribution in [1.29, 1.82) is 0 Å². The number of primary sulfonamides is 1. The van der Waals surface area contributed by atoms with Crippen molar-refractivity contribution >= 4 is 10.0 Å².